The van der Waals surface area contributed by atoms with Crippen LogP contribution in [0, 0.1) is 8.99 Å². The Hall–Kier alpha value is -1.36. The van der Waals surface area contributed by atoms with Gasteiger partial charge in [0.2, 0.25) is 5.91 Å². The smallest absolute Gasteiger partial charge is 0.248 e. The normalized spacial score (nSPS) is 12.9. The van der Waals surface area contributed by atoms with Gasteiger partial charge in [-0.25, -0.2) is 0 Å². The van der Waals surface area contributed by atoms with Crippen molar-refractivity contribution in [2.75, 3.05) is 0 Å². The first-order valence-corrected chi connectivity index (χ1v) is 9.51. The molecule has 0 bridgehead atoms. The van der Waals surface area contributed by atoms with Gasteiger partial charge in [0.1, 0.15) is 0 Å². The van der Waals surface area contributed by atoms with E-state index < -0.39 is 0 Å². The molecule has 2 aromatic carbocycles. The number of benzene rings is 2. The highest BCUT2D eigenvalue weighted by atomic mass is 127. The molecule has 128 valence electrons. The largest absolute Gasteiger partial charge is 0.366 e. The molecule has 24 heavy (non-hydrogen) atoms. The molecule has 0 aromatic heterocycles. The maximum absolute atomic E-state index is 11.9. The van der Waals surface area contributed by atoms with Crippen molar-refractivity contribution in [3.63, 3.8) is 0 Å². The van der Waals surface area contributed by atoms with Crippen molar-refractivity contribution in [1.82, 2.24) is 0 Å². The van der Waals surface area contributed by atoms with Crippen LogP contribution in [0.3, 0.4) is 0 Å². The van der Waals surface area contributed by atoms with Crippen molar-refractivity contribution in [2.45, 2.75) is 46.5 Å². The van der Waals surface area contributed by atoms with Gasteiger partial charge < -0.3 is 5.73 Å². The molecular weight excluding hydrogens is 409 g/mol. The van der Waals surface area contributed by atoms with E-state index >= 15 is 0 Å². The average Bonchev–Trinajstić information content (AvgIpc) is 2.54. The molecular formula is C21H26INO. The summed E-state index contributed by atoms with van der Waals surface area (Å²) in [6.07, 6.45) is 2.14. The zero-order valence-corrected chi connectivity index (χ0v) is 17.1. The first kappa shape index (κ1) is 19.0. The summed E-state index contributed by atoms with van der Waals surface area (Å²) in [5.41, 5.74) is 9.90. The summed E-state index contributed by atoms with van der Waals surface area (Å²) in [5, 5.41) is 0. The first-order chi connectivity index (χ1) is 11.2. The van der Waals surface area contributed by atoms with Crippen LogP contribution in [0.1, 0.15) is 62.4 Å². The summed E-state index contributed by atoms with van der Waals surface area (Å²) in [6, 6.07) is 14.3. The van der Waals surface area contributed by atoms with Crippen LogP contribution in [0.2, 0.25) is 0 Å². The summed E-state index contributed by atoms with van der Waals surface area (Å²) >= 11 is 2.35. The van der Waals surface area contributed by atoms with Crippen molar-refractivity contribution in [3.05, 3.63) is 57.2 Å². The summed E-state index contributed by atoms with van der Waals surface area (Å²) in [7, 11) is 0. The average molecular weight is 435 g/mol. The third-order valence-corrected chi connectivity index (χ3v) is 5.79. The molecule has 1 amide bonds. The molecule has 3 heteroatoms. The fourth-order valence-corrected chi connectivity index (χ4v) is 3.84. The van der Waals surface area contributed by atoms with Crippen molar-refractivity contribution in [2.24, 2.45) is 11.1 Å². The van der Waals surface area contributed by atoms with Gasteiger partial charge in [-0.3, -0.25) is 4.79 Å². The lowest BCUT2D eigenvalue weighted by Crippen LogP contribution is -2.18. The van der Waals surface area contributed by atoms with E-state index in [0.29, 0.717) is 5.56 Å². The summed E-state index contributed by atoms with van der Waals surface area (Å²) in [6.45, 7) is 8.96. The molecule has 2 aromatic rings. The highest BCUT2D eigenvalue weighted by molar-refractivity contribution is 14.1. The number of primary amides is 1. The van der Waals surface area contributed by atoms with Crippen LogP contribution in [-0.4, -0.2) is 5.91 Å². The fraction of sp³-hybridized carbons (Fsp3) is 0.381. The van der Waals surface area contributed by atoms with Gasteiger partial charge in [0.25, 0.3) is 0 Å². The SMILES string of the molecule is CCC(C)(C)CC(C)c1cc(-c2ccccc2I)ccc1C(N)=O. The Bertz CT molecular complexity index is 736. The molecule has 0 spiro atoms. The second-order valence-electron chi connectivity index (χ2n) is 7.27. The minimum atomic E-state index is -0.347. The Kier molecular flexibility index (Phi) is 6.07. The third-order valence-electron chi connectivity index (χ3n) is 4.85. The number of halogens is 1. The van der Waals surface area contributed by atoms with Gasteiger partial charge in [-0.05, 0) is 69.2 Å². The Morgan fingerprint density at radius 1 is 1.21 bits per heavy atom. The second-order valence-corrected chi connectivity index (χ2v) is 8.43. The Morgan fingerprint density at radius 3 is 2.46 bits per heavy atom. The fourth-order valence-electron chi connectivity index (χ4n) is 3.14. The van der Waals surface area contributed by atoms with Gasteiger partial charge in [-0.2, -0.15) is 0 Å². The summed E-state index contributed by atoms with van der Waals surface area (Å²) < 4.78 is 1.20. The van der Waals surface area contributed by atoms with Gasteiger partial charge >= 0.3 is 0 Å². The van der Waals surface area contributed by atoms with E-state index in [2.05, 4.69) is 68.5 Å². The lowest BCUT2D eigenvalue weighted by Gasteiger charge is -2.28. The minimum Gasteiger partial charge on any atom is -0.366 e. The second kappa shape index (κ2) is 7.68. The number of hydrogen-bond donors (Lipinski definition) is 1. The molecule has 0 aliphatic carbocycles. The number of nitrogens with two attached hydrogens (primary N) is 1. The Labute approximate surface area is 159 Å². The van der Waals surface area contributed by atoms with Crippen LogP contribution >= 0.6 is 22.6 Å². The number of hydrogen-bond acceptors (Lipinski definition) is 1. The van der Waals surface area contributed by atoms with Crippen LogP contribution in [0.4, 0.5) is 0 Å². The highest BCUT2D eigenvalue weighted by Crippen LogP contribution is 2.37. The minimum absolute atomic E-state index is 0.242. The topological polar surface area (TPSA) is 43.1 Å². The number of rotatable bonds is 6. The van der Waals surface area contributed by atoms with E-state index in [1.54, 1.807) is 0 Å². The monoisotopic (exact) mass is 435 g/mol. The number of carbonyl (C=O) groups excluding carboxylic acids is 1. The Balaban J connectivity index is 2.50. The van der Waals surface area contributed by atoms with Gasteiger partial charge in [0.15, 0.2) is 0 Å². The zero-order valence-electron chi connectivity index (χ0n) is 14.9. The maximum Gasteiger partial charge on any atom is 0.248 e. The molecule has 2 N–H and O–H groups in total. The standard InChI is InChI=1S/C21H26INO/c1-5-21(3,4)13-14(2)18-12-15(10-11-17(18)20(23)24)16-8-6-7-9-19(16)22/h6-12,14H,5,13H2,1-4H3,(H2,23,24). The van der Waals surface area contributed by atoms with E-state index in [1.807, 2.05) is 24.3 Å². The molecule has 0 saturated carbocycles. The van der Waals surface area contributed by atoms with E-state index in [-0.39, 0.29) is 17.2 Å². The van der Waals surface area contributed by atoms with Crippen molar-refractivity contribution in [3.8, 4) is 11.1 Å². The van der Waals surface area contributed by atoms with Gasteiger partial charge in [0.05, 0.1) is 0 Å². The molecule has 0 aliphatic rings. The molecule has 1 unspecified atom stereocenters. The number of amides is 1. The molecule has 0 aliphatic heterocycles. The molecule has 2 nitrogen and oxygen atoms in total. The molecule has 0 fully saturated rings. The molecule has 0 radical (unpaired) electrons. The molecule has 0 saturated heterocycles. The quantitative estimate of drug-likeness (QED) is 0.557. The van der Waals surface area contributed by atoms with E-state index in [0.717, 1.165) is 24.0 Å². The number of carbonyl (C=O) groups is 1. The van der Waals surface area contributed by atoms with Crippen LogP contribution in [0.5, 0.6) is 0 Å². The molecule has 0 heterocycles. The van der Waals surface area contributed by atoms with Crippen LogP contribution in [0.25, 0.3) is 11.1 Å². The highest BCUT2D eigenvalue weighted by Gasteiger charge is 2.23. The lowest BCUT2D eigenvalue weighted by molar-refractivity contribution is 0.0998. The van der Waals surface area contributed by atoms with Crippen LogP contribution in [-0.2, 0) is 0 Å². The molecule has 1 atom stereocenters. The lowest BCUT2D eigenvalue weighted by atomic mass is 9.77. The third kappa shape index (κ3) is 4.38. The van der Waals surface area contributed by atoms with Gasteiger partial charge in [-0.1, -0.05) is 64.4 Å². The van der Waals surface area contributed by atoms with Crippen molar-refractivity contribution in [1.29, 1.82) is 0 Å². The van der Waals surface area contributed by atoms with E-state index in [1.165, 1.54) is 9.13 Å². The molecule has 2 rings (SSSR count). The zero-order chi connectivity index (χ0) is 17.9. The van der Waals surface area contributed by atoms with Gasteiger partial charge in [0, 0.05) is 9.13 Å². The van der Waals surface area contributed by atoms with Crippen LogP contribution in [0.15, 0.2) is 42.5 Å². The predicted molar refractivity (Wildman–Crippen MR) is 110 cm³/mol. The first-order valence-electron chi connectivity index (χ1n) is 8.44. The summed E-state index contributed by atoms with van der Waals surface area (Å²) in [4.78, 5) is 11.9. The Morgan fingerprint density at radius 2 is 1.88 bits per heavy atom. The summed E-state index contributed by atoms with van der Waals surface area (Å²) in [5.74, 6) is -0.0655. The van der Waals surface area contributed by atoms with Crippen molar-refractivity contribution < 1.29 is 4.79 Å². The van der Waals surface area contributed by atoms with E-state index in [9.17, 15) is 4.79 Å². The maximum atomic E-state index is 11.9. The predicted octanol–water partition coefficient (Wildman–Crippen LogP) is 5.99. The van der Waals surface area contributed by atoms with Gasteiger partial charge in [-0.15, -0.1) is 0 Å². The van der Waals surface area contributed by atoms with Crippen molar-refractivity contribution >= 4 is 28.5 Å². The van der Waals surface area contributed by atoms with Crippen LogP contribution < -0.4 is 5.73 Å². The van der Waals surface area contributed by atoms with E-state index in [4.69, 9.17) is 5.73 Å².